The summed E-state index contributed by atoms with van der Waals surface area (Å²) in [6, 6.07) is 37.8. The Morgan fingerprint density at radius 3 is 1.74 bits per heavy atom. The number of aromatic hydroxyl groups is 1. The van der Waals surface area contributed by atoms with Crippen LogP contribution in [-0.4, -0.2) is 12.2 Å². The summed E-state index contributed by atoms with van der Waals surface area (Å²) in [7, 11) is -2.12. The summed E-state index contributed by atoms with van der Waals surface area (Å²) in [5, 5.41) is 15.5. The van der Waals surface area contributed by atoms with Gasteiger partial charge in [-0.05, 0) is 0 Å². The number of methoxy groups -OCH3 is 1. The molecule has 0 atom stereocenters. The van der Waals surface area contributed by atoms with Crippen molar-refractivity contribution in [1.82, 2.24) is 0 Å². The molecule has 0 unspecified atom stereocenters. The SMILES string of the molecule is COc1ccc2c(O)cc(-c3ccccc3)c(P3(c4ccccc4)(c4ccccc4)OO3)c2c1. The van der Waals surface area contributed by atoms with Crippen LogP contribution in [0, 0.1) is 0 Å². The third-order valence-corrected chi connectivity index (χ3v) is 10.9. The molecule has 168 valence electrons. The molecule has 1 aliphatic rings. The molecular weight excluding hydrogens is 443 g/mol. The molecule has 0 spiro atoms. The Kier molecular flexibility index (Phi) is 4.72. The van der Waals surface area contributed by atoms with E-state index in [0.29, 0.717) is 11.1 Å². The van der Waals surface area contributed by atoms with Crippen molar-refractivity contribution in [2.24, 2.45) is 0 Å². The molecular formula is C29H23O4P. The fraction of sp³-hybridized carbons (Fsp3) is 0.0345. The molecule has 0 bridgehead atoms. The number of rotatable bonds is 5. The predicted molar refractivity (Wildman–Crippen MR) is 138 cm³/mol. The van der Waals surface area contributed by atoms with E-state index in [1.807, 2.05) is 91.0 Å². The van der Waals surface area contributed by atoms with Gasteiger partial charge in [0, 0.05) is 0 Å². The molecule has 0 aromatic heterocycles. The van der Waals surface area contributed by atoms with E-state index in [9.17, 15) is 5.11 Å². The van der Waals surface area contributed by atoms with Crippen LogP contribution in [0.1, 0.15) is 0 Å². The topological polar surface area (TPSA) is 54.5 Å². The Balaban J connectivity index is 1.85. The molecule has 1 saturated heterocycles. The Labute approximate surface area is 198 Å². The molecule has 0 amide bonds. The van der Waals surface area contributed by atoms with Gasteiger partial charge in [-0.1, -0.05) is 0 Å². The van der Waals surface area contributed by atoms with Crippen LogP contribution in [0.5, 0.6) is 11.5 Å². The average molecular weight is 466 g/mol. The van der Waals surface area contributed by atoms with Crippen molar-refractivity contribution < 1.29 is 19.2 Å². The fourth-order valence-electron chi connectivity index (χ4n) is 4.87. The summed E-state index contributed by atoms with van der Waals surface area (Å²) < 4.78 is 18.3. The van der Waals surface area contributed by atoms with Crippen LogP contribution < -0.4 is 20.7 Å². The minimum absolute atomic E-state index is 0.194. The van der Waals surface area contributed by atoms with Crippen molar-refractivity contribution in [3.63, 3.8) is 0 Å². The Morgan fingerprint density at radius 2 is 1.21 bits per heavy atom. The quantitative estimate of drug-likeness (QED) is 0.201. The summed E-state index contributed by atoms with van der Waals surface area (Å²) in [6.45, 7) is 0. The molecule has 5 heteroatoms. The average Bonchev–Trinajstić information content (AvgIpc) is 3.68. The van der Waals surface area contributed by atoms with Crippen LogP contribution >= 0.6 is 7.06 Å². The summed E-state index contributed by atoms with van der Waals surface area (Å²) in [5.74, 6) is 0.887. The van der Waals surface area contributed by atoms with Gasteiger partial charge in [0.25, 0.3) is 0 Å². The van der Waals surface area contributed by atoms with E-state index < -0.39 is 7.06 Å². The summed E-state index contributed by atoms with van der Waals surface area (Å²) in [4.78, 5) is 0. The zero-order valence-electron chi connectivity index (χ0n) is 18.6. The zero-order chi connectivity index (χ0) is 23.2. The second kappa shape index (κ2) is 7.68. The van der Waals surface area contributed by atoms with Crippen molar-refractivity contribution in [3.05, 3.63) is 115 Å². The third-order valence-electron chi connectivity index (χ3n) is 6.53. The minimum atomic E-state index is -3.77. The Morgan fingerprint density at radius 1 is 0.647 bits per heavy atom. The second-order valence-electron chi connectivity index (χ2n) is 8.35. The first-order valence-electron chi connectivity index (χ1n) is 11.1. The van der Waals surface area contributed by atoms with Crippen molar-refractivity contribution in [1.29, 1.82) is 0 Å². The van der Waals surface area contributed by atoms with Gasteiger partial charge >= 0.3 is 198 Å². The standard InChI is InChI=1S/C29H23O4P/c1-31-22-17-18-25-27(19-22)29(26(20-28(25)30)21-11-5-2-6-12-21)34(32-33-34,23-13-7-3-8-14-23)24-15-9-4-10-16-24/h2-20,30H,1H3. The number of hydrogen-bond acceptors (Lipinski definition) is 4. The second-order valence-corrected chi connectivity index (χ2v) is 12.0. The van der Waals surface area contributed by atoms with E-state index in [2.05, 4.69) is 24.3 Å². The molecule has 0 saturated carbocycles. The molecule has 6 rings (SSSR count). The molecule has 1 N–H and O–H groups in total. The van der Waals surface area contributed by atoms with Crippen molar-refractivity contribution in [3.8, 4) is 22.6 Å². The molecule has 1 aliphatic heterocycles. The summed E-state index contributed by atoms with van der Waals surface area (Å²) >= 11 is 0. The van der Waals surface area contributed by atoms with Crippen molar-refractivity contribution in [2.45, 2.75) is 0 Å². The number of hydrogen-bond donors (Lipinski definition) is 1. The van der Waals surface area contributed by atoms with Gasteiger partial charge in [-0.2, -0.15) is 0 Å². The predicted octanol–water partition coefficient (Wildman–Crippen LogP) is 5.84. The van der Waals surface area contributed by atoms with Crippen LogP contribution in [0.4, 0.5) is 0 Å². The molecule has 5 aromatic carbocycles. The van der Waals surface area contributed by atoms with E-state index in [4.69, 9.17) is 14.1 Å². The summed E-state index contributed by atoms with van der Waals surface area (Å²) in [5.41, 5.74) is 1.83. The number of benzene rings is 5. The third kappa shape index (κ3) is 2.83. The molecule has 1 heterocycles. The number of phenolic OH excluding ortho intramolecular Hbond substituents is 1. The molecule has 1 fully saturated rings. The van der Waals surface area contributed by atoms with Crippen LogP contribution in [-0.2, 0) is 9.35 Å². The first-order chi connectivity index (χ1) is 16.7. The fourth-order valence-corrected chi connectivity index (χ4v) is 9.26. The van der Waals surface area contributed by atoms with E-state index in [1.165, 1.54) is 0 Å². The number of phenols is 1. The number of fused-ring (bicyclic) bond motifs is 1. The molecule has 5 aromatic rings. The van der Waals surface area contributed by atoms with Crippen LogP contribution in [0.3, 0.4) is 0 Å². The van der Waals surface area contributed by atoms with Gasteiger partial charge in [-0.15, -0.1) is 0 Å². The maximum atomic E-state index is 11.1. The van der Waals surface area contributed by atoms with Gasteiger partial charge in [-0.25, -0.2) is 0 Å². The first-order valence-corrected chi connectivity index (χ1v) is 13.2. The maximum absolute atomic E-state index is 11.1. The van der Waals surface area contributed by atoms with Gasteiger partial charge in [0.1, 0.15) is 0 Å². The molecule has 0 aliphatic carbocycles. The molecule has 0 radical (unpaired) electrons. The monoisotopic (exact) mass is 466 g/mol. The Hall–Kier alpha value is -3.69. The number of ether oxygens (including phenoxy) is 1. The zero-order valence-corrected chi connectivity index (χ0v) is 19.5. The van der Waals surface area contributed by atoms with Gasteiger partial charge in [-0.3, -0.25) is 0 Å². The van der Waals surface area contributed by atoms with Crippen LogP contribution in [0.25, 0.3) is 21.9 Å². The Bertz CT molecular complexity index is 1450. The first kappa shape index (κ1) is 20.9. The van der Waals surface area contributed by atoms with Crippen molar-refractivity contribution in [2.75, 3.05) is 7.11 Å². The molecule has 34 heavy (non-hydrogen) atoms. The molecule has 4 nitrogen and oxygen atoms in total. The van der Waals surface area contributed by atoms with Crippen LogP contribution in [0.2, 0.25) is 0 Å². The summed E-state index contributed by atoms with van der Waals surface area (Å²) in [6.07, 6.45) is 0. The van der Waals surface area contributed by atoms with Gasteiger partial charge in [0.2, 0.25) is 0 Å². The normalized spacial score (nSPS) is 16.9. The van der Waals surface area contributed by atoms with Gasteiger partial charge in [0.05, 0.1) is 0 Å². The van der Waals surface area contributed by atoms with E-state index in [-0.39, 0.29) is 5.75 Å². The van der Waals surface area contributed by atoms with E-state index in [0.717, 1.165) is 32.4 Å². The van der Waals surface area contributed by atoms with Gasteiger partial charge < -0.3 is 0 Å². The van der Waals surface area contributed by atoms with Crippen LogP contribution in [0.15, 0.2) is 115 Å². The van der Waals surface area contributed by atoms with E-state index in [1.54, 1.807) is 7.11 Å². The van der Waals surface area contributed by atoms with Crippen molar-refractivity contribution >= 4 is 33.7 Å². The van der Waals surface area contributed by atoms with E-state index >= 15 is 0 Å². The van der Waals surface area contributed by atoms with Gasteiger partial charge in [0.15, 0.2) is 0 Å².